The number of carbonyl (C=O) groups excluding carboxylic acids is 1. The standard InChI is InChI=1S/C12H15BrN2O4/c1-19-5-4-9(14)11(16)15-10-3-2-7(12(17)18)6-8(10)13/h2-3,6,9H,4-5,14H2,1H3,(H,15,16)(H,17,18). The molecule has 1 atom stereocenters. The van der Waals surface area contributed by atoms with Gasteiger partial charge in [-0.25, -0.2) is 4.79 Å². The van der Waals surface area contributed by atoms with Crippen LogP contribution in [0, 0.1) is 0 Å². The number of hydrogen-bond acceptors (Lipinski definition) is 4. The number of rotatable bonds is 6. The minimum absolute atomic E-state index is 0.133. The molecule has 1 aromatic carbocycles. The molecule has 1 unspecified atom stereocenters. The van der Waals surface area contributed by atoms with Crippen LogP contribution >= 0.6 is 15.9 Å². The smallest absolute Gasteiger partial charge is 0.335 e. The molecule has 0 aliphatic carbocycles. The summed E-state index contributed by atoms with van der Waals surface area (Å²) in [6.45, 7) is 0.397. The van der Waals surface area contributed by atoms with E-state index in [0.717, 1.165) is 0 Å². The van der Waals surface area contributed by atoms with E-state index >= 15 is 0 Å². The van der Waals surface area contributed by atoms with Crippen molar-refractivity contribution in [3.8, 4) is 0 Å². The van der Waals surface area contributed by atoms with E-state index < -0.39 is 12.0 Å². The molecule has 1 amide bonds. The lowest BCUT2D eigenvalue weighted by Gasteiger charge is -2.13. The number of amides is 1. The van der Waals surface area contributed by atoms with Gasteiger partial charge in [0.2, 0.25) is 5.91 Å². The second-order valence-corrected chi connectivity index (χ2v) is 4.73. The molecular weight excluding hydrogens is 316 g/mol. The van der Waals surface area contributed by atoms with Gasteiger partial charge in [-0.1, -0.05) is 0 Å². The van der Waals surface area contributed by atoms with Crippen molar-refractivity contribution in [1.82, 2.24) is 0 Å². The Kier molecular flexibility index (Phi) is 5.94. The molecule has 0 bridgehead atoms. The van der Waals surface area contributed by atoms with Gasteiger partial charge in [-0.05, 0) is 40.5 Å². The second kappa shape index (κ2) is 7.22. The Morgan fingerprint density at radius 2 is 2.21 bits per heavy atom. The number of aromatic carboxylic acids is 1. The molecule has 0 spiro atoms. The third-order valence-electron chi connectivity index (χ3n) is 2.44. The number of methoxy groups -OCH3 is 1. The van der Waals surface area contributed by atoms with Crippen LogP contribution < -0.4 is 11.1 Å². The largest absolute Gasteiger partial charge is 0.478 e. The Morgan fingerprint density at radius 3 is 2.74 bits per heavy atom. The fourth-order valence-corrected chi connectivity index (χ4v) is 1.83. The Bertz CT molecular complexity index is 479. The van der Waals surface area contributed by atoms with Gasteiger partial charge in [0.15, 0.2) is 0 Å². The van der Waals surface area contributed by atoms with E-state index in [2.05, 4.69) is 21.2 Å². The molecule has 0 aliphatic heterocycles. The number of nitrogens with two attached hydrogens (primary N) is 1. The number of carboxylic acids is 1. The van der Waals surface area contributed by atoms with E-state index in [9.17, 15) is 9.59 Å². The summed E-state index contributed by atoms with van der Waals surface area (Å²) >= 11 is 3.20. The molecular formula is C12H15BrN2O4. The molecule has 0 heterocycles. The Balaban J connectivity index is 2.72. The molecule has 104 valence electrons. The maximum absolute atomic E-state index is 11.8. The third kappa shape index (κ3) is 4.62. The van der Waals surface area contributed by atoms with Crippen LogP contribution in [0.2, 0.25) is 0 Å². The number of nitrogens with one attached hydrogen (secondary N) is 1. The summed E-state index contributed by atoms with van der Waals surface area (Å²) in [6, 6.07) is 3.65. The zero-order valence-corrected chi connectivity index (χ0v) is 11.9. The predicted octanol–water partition coefficient (Wildman–Crippen LogP) is 1.45. The first-order chi connectivity index (χ1) is 8.95. The molecule has 0 saturated carbocycles. The van der Waals surface area contributed by atoms with Gasteiger partial charge in [0.1, 0.15) is 0 Å². The molecule has 4 N–H and O–H groups in total. The predicted molar refractivity (Wildman–Crippen MR) is 74.2 cm³/mol. The Hall–Kier alpha value is -1.44. The minimum Gasteiger partial charge on any atom is -0.478 e. The number of anilines is 1. The summed E-state index contributed by atoms with van der Waals surface area (Å²) in [4.78, 5) is 22.5. The highest BCUT2D eigenvalue weighted by atomic mass is 79.9. The lowest BCUT2D eigenvalue weighted by molar-refractivity contribution is -0.117. The van der Waals surface area contributed by atoms with E-state index in [1.54, 1.807) is 0 Å². The number of carbonyl (C=O) groups is 2. The number of ether oxygens (including phenoxy) is 1. The van der Waals surface area contributed by atoms with Gasteiger partial charge in [-0.3, -0.25) is 4.79 Å². The van der Waals surface area contributed by atoms with Crippen molar-refractivity contribution < 1.29 is 19.4 Å². The topological polar surface area (TPSA) is 102 Å². The summed E-state index contributed by atoms with van der Waals surface area (Å²) in [6.07, 6.45) is 0.410. The zero-order chi connectivity index (χ0) is 14.4. The van der Waals surface area contributed by atoms with Crippen molar-refractivity contribution in [2.45, 2.75) is 12.5 Å². The molecule has 1 aromatic rings. The van der Waals surface area contributed by atoms with E-state index in [1.807, 2.05) is 0 Å². The first kappa shape index (κ1) is 15.6. The summed E-state index contributed by atoms with van der Waals surface area (Å²) < 4.78 is 5.33. The highest BCUT2D eigenvalue weighted by Gasteiger charge is 2.15. The van der Waals surface area contributed by atoms with E-state index in [4.69, 9.17) is 15.6 Å². The summed E-state index contributed by atoms with van der Waals surface area (Å²) in [5, 5.41) is 11.5. The molecule has 0 fully saturated rings. The average molecular weight is 331 g/mol. The van der Waals surface area contributed by atoms with Crippen LogP contribution in [-0.2, 0) is 9.53 Å². The maximum Gasteiger partial charge on any atom is 0.335 e. The van der Waals surface area contributed by atoms with Gasteiger partial charge in [0, 0.05) is 18.2 Å². The number of benzene rings is 1. The van der Waals surface area contributed by atoms with Gasteiger partial charge < -0.3 is 20.9 Å². The van der Waals surface area contributed by atoms with Crippen molar-refractivity contribution in [2.24, 2.45) is 5.73 Å². The normalized spacial score (nSPS) is 11.9. The van der Waals surface area contributed by atoms with E-state index in [1.165, 1.54) is 25.3 Å². The van der Waals surface area contributed by atoms with Crippen molar-refractivity contribution in [1.29, 1.82) is 0 Å². The Morgan fingerprint density at radius 1 is 1.53 bits per heavy atom. The van der Waals surface area contributed by atoms with Crippen molar-refractivity contribution in [3.05, 3.63) is 28.2 Å². The number of halogens is 1. The summed E-state index contributed by atoms with van der Waals surface area (Å²) in [5.41, 5.74) is 6.29. The van der Waals surface area contributed by atoms with Crippen LogP contribution in [0.1, 0.15) is 16.8 Å². The fourth-order valence-electron chi connectivity index (χ4n) is 1.35. The molecule has 1 rings (SSSR count). The van der Waals surface area contributed by atoms with Gasteiger partial charge >= 0.3 is 5.97 Å². The van der Waals surface area contributed by atoms with Gasteiger partial charge in [-0.2, -0.15) is 0 Å². The molecule has 19 heavy (non-hydrogen) atoms. The van der Waals surface area contributed by atoms with E-state index in [0.29, 0.717) is 23.2 Å². The van der Waals surface area contributed by atoms with Crippen molar-refractivity contribution >= 4 is 33.5 Å². The average Bonchev–Trinajstić information content (AvgIpc) is 2.37. The highest BCUT2D eigenvalue weighted by molar-refractivity contribution is 9.10. The van der Waals surface area contributed by atoms with Crippen LogP contribution in [-0.4, -0.2) is 36.7 Å². The van der Waals surface area contributed by atoms with Crippen LogP contribution in [0.15, 0.2) is 22.7 Å². The monoisotopic (exact) mass is 330 g/mol. The number of carboxylic acid groups (broad SMARTS) is 1. The zero-order valence-electron chi connectivity index (χ0n) is 10.4. The Labute approximate surface area is 119 Å². The lowest BCUT2D eigenvalue weighted by atomic mass is 10.2. The van der Waals surface area contributed by atoms with Crippen LogP contribution in [0.4, 0.5) is 5.69 Å². The quantitative estimate of drug-likeness (QED) is 0.732. The fraction of sp³-hybridized carbons (Fsp3) is 0.333. The lowest BCUT2D eigenvalue weighted by Crippen LogP contribution is -2.36. The molecule has 7 heteroatoms. The van der Waals surface area contributed by atoms with Gasteiger partial charge in [0.25, 0.3) is 0 Å². The van der Waals surface area contributed by atoms with Crippen molar-refractivity contribution in [2.75, 3.05) is 19.0 Å². The number of hydrogen-bond donors (Lipinski definition) is 3. The molecule has 0 aliphatic rings. The molecule has 0 radical (unpaired) electrons. The van der Waals surface area contributed by atoms with Gasteiger partial charge in [0.05, 0.1) is 17.3 Å². The van der Waals surface area contributed by atoms with Crippen LogP contribution in [0.3, 0.4) is 0 Å². The first-order valence-electron chi connectivity index (χ1n) is 5.54. The molecule has 6 nitrogen and oxygen atoms in total. The summed E-state index contributed by atoms with van der Waals surface area (Å²) in [7, 11) is 1.53. The van der Waals surface area contributed by atoms with E-state index in [-0.39, 0.29) is 11.5 Å². The van der Waals surface area contributed by atoms with Crippen molar-refractivity contribution in [3.63, 3.8) is 0 Å². The maximum atomic E-state index is 11.8. The van der Waals surface area contributed by atoms with Crippen LogP contribution in [0.5, 0.6) is 0 Å². The SMILES string of the molecule is COCCC(N)C(=O)Nc1ccc(C(=O)O)cc1Br. The summed E-state index contributed by atoms with van der Waals surface area (Å²) in [5.74, 6) is -1.38. The molecule has 0 aromatic heterocycles. The minimum atomic E-state index is -1.03. The first-order valence-corrected chi connectivity index (χ1v) is 6.33. The molecule has 0 saturated heterocycles. The third-order valence-corrected chi connectivity index (χ3v) is 3.10. The van der Waals surface area contributed by atoms with Crippen LogP contribution in [0.25, 0.3) is 0 Å². The highest BCUT2D eigenvalue weighted by Crippen LogP contribution is 2.23. The second-order valence-electron chi connectivity index (χ2n) is 3.88. The van der Waals surface area contributed by atoms with Gasteiger partial charge in [-0.15, -0.1) is 0 Å².